The van der Waals surface area contributed by atoms with Crippen LogP contribution in [0.4, 0.5) is 4.39 Å². The van der Waals surface area contributed by atoms with Crippen molar-refractivity contribution in [3.63, 3.8) is 0 Å². The smallest absolute Gasteiger partial charge is 0.240 e. The molecule has 7 atom stereocenters. The highest BCUT2D eigenvalue weighted by Gasteiger charge is 2.56. The standard InChI is InChI=1S/C24H27FN4O2/c1-13(23(30)28-17(10-26)7-15-8-21(15)28)11-27-12-18-9-22(27)24(31)29(18)20-5-2-14-6-16(25)3-4-19(14)20/h3-4,6,13,15,17-18,20-22H,2,5,7-9,11-12H2,1H3/t13-,15+,17-,18+,20-,21?,22+/m0/s1. The van der Waals surface area contributed by atoms with Gasteiger partial charge in [-0.15, -0.1) is 0 Å². The summed E-state index contributed by atoms with van der Waals surface area (Å²) in [5, 5.41) is 9.40. The van der Waals surface area contributed by atoms with E-state index < -0.39 is 0 Å². The number of rotatable bonds is 4. The van der Waals surface area contributed by atoms with E-state index >= 15 is 0 Å². The van der Waals surface area contributed by atoms with Gasteiger partial charge in [-0.1, -0.05) is 13.0 Å². The third-order valence-corrected chi connectivity index (χ3v) is 8.24. The Morgan fingerprint density at radius 2 is 2.13 bits per heavy atom. The summed E-state index contributed by atoms with van der Waals surface area (Å²) in [5.74, 6) is 0.298. The Hall–Kier alpha value is -2.46. The Morgan fingerprint density at radius 1 is 1.29 bits per heavy atom. The quantitative estimate of drug-likeness (QED) is 0.747. The van der Waals surface area contributed by atoms with E-state index in [0.29, 0.717) is 12.5 Å². The molecule has 0 radical (unpaired) electrons. The molecule has 3 saturated heterocycles. The predicted octanol–water partition coefficient (Wildman–Crippen LogP) is 2.25. The Balaban J connectivity index is 1.13. The van der Waals surface area contributed by atoms with Crippen LogP contribution in [0.25, 0.3) is 0 Å². The molecule has 6 nitrogen and oxygen atoms in total. The second kappa shape index (κ2) is 6.77. The number of nitrogens with zero attached hydrogens (tertiary/aromatic N) is 4. The van der Waals surface area contributed by atoms with Gasteiger partial charge in [0, 0.05) is 31.1 Å². The summed E-state index contributed by atoms with van der Waals surface area (Å²) in [7, 11) is 0. The lowest BCUT2D eigenvalue weighted by Crippen LogP contribution is -2.53. The molecule has 1 saturated carbocycles. The molecule has 1 unspecified atom stereocenters. The number of hydrogen-bond donors (Lipinski definition) is 0. The molecule has 0 aromatic heterocycles. The minimum atomic E-state index is -0.280. The van der Waals surface area contributed by atoms with Gasteiger partial charge in [0.25, 0.3) is 0 Å². The molecule has 3 heterocycles. The van der Waals surface area contributed by atoms with E-state index in [2.05, 4.69) is 11.0 Å². The van der Waals surface area contributed by atoms with E-state index in [-0.39, 0.29) is 53.8 Å². The first kappa shape index (κ1) is 19.2. The molecule has 2 bridgehead atoms. The van der Waals surface area contributed by atoms with Crippen molar-refractivity contribution in [2.75, 3.05) is 13.1 Å². The fraction of sp³-hybridized carbons (Fsp3) is 0.625. The highest BCUT2D eigenvalue weighted by molar-refractivity contribution is 5.87. The number of halogens is 1. The lowest BCUT2D eigenvalue weighted by Gasteiger charge is -2.39. The van der Waals surface area contributed by atoms with Crippen molar-refractivity contribution in [2.45, 2.75) is 69.2 Å². The monoisotopic (exact) mass is 422 g/mol. The van der Waals surface area contributed by atoms with Crippen LogP contribution < -0.4 is 0 Å². The average Bonchev–Trinajstić information content (AvgIpc) is 3.08. The van der Waals surface area contributed by atoms with Gasteiger partial charge >= 0.3 is 0 Å². The number of aryl methyl sites for hydroxylation is 1. The zero-order chi connectivity index (χ0) is 21.4. The number of carbonyl (C=O) groups excluding carboxylic acids is 2. The molecule has 3 aliphatic heterocycles. The number of hydrogen-bond acceptors (Lipinski definition) is 4. The van der Waals surface area contributed by atoms with Gasteiger partial charge in [0.1, 0.15) is 11.9 Å². The number of carbonyl (C=O) groups is 2. The number of fused-ring (bicyclic) bond motifs is 4. The van der Waals surface area contributed by atoms with Crippen LogP contribution in [0.1, 0.15) is 49.8 Å². The minimum absolute atomic E-state index is 0.0482. The molecule has 5 aliphatic rings. The first-order chi connectivity index (χ1) is 15.0. The van der Waals surface area contributed by atoms with E-state index in [1.54, 1.807) is 6.07 Å². The normalized spacial score (nSPS) is 36.5. The van der Waals surface area contributed by atoms with Crippen molar-refractivity contribution in [2.24, 2.45) is 11.8 Å². The third kappa shape index (κ3) is 2.84. The summed E-state index contributed by atoms with van der Waals surface area (Å²) in [6.45, 7) is 3.29. The van der Waals surface area contributed by atoms with Crippen molar-refractivity contribution in [1.82, 2.24) is 14.7 Å². The molecular weight excluding hydrogens is 395 g/mol. The molecule has 2 amide bonds. The molecule has 162 valence electrons. The van der Waals surface area contributed by atoms with E-state index in [4.69, 9.17) is 0 Å². The van der Waals surface area contributed by atoms with E-state index in [0.717, 1.165) is 49.8 Å². The van der Waals surface area contributed by atoms with Crippen LogP contribution in [0, 0.1) is 29.0 Å². The maximum Gasteiger partial charge on any atom is 0.240 e. The lowest BCUT2D eigenvalue weighted by atomic mass is 10.0. The Morgan fingerprint density at radius 3 is 2.90 bits per heavy atom. The second-order valence-corrected chi connectivity index (χ2v) is 10.1. The largest absolute Gasteiger partial charge is 0.330 e. The number of piperazine rings is 1. The Kier molecular flexibility index (Phi) is 4.20. The molecule has 2 aliphatic carbocycles. The zero-order valence-electron chi connectivity index (χ0n) is 17.7. The number of benzene rings is 1. The van der Waals surface area contributed by atoms with E-state index in [1.165, 1.54) is 6.07 Å². The minimum Gasteiger partial charge on any atom is -0.330 e. The van der Waals surface area contributed by atoms with Crippen LogP contribution in [-0.4, -0.2) is 63.8 Å². The van der Waals surface area contributed by atoms with Crippen LogP contribution in [0.15, 0.2) is 18.2 Å². The van der Waals surface area contributed by atoms with Crippen molar-refractivity contribution in [3.8, 4) is 6.07 Å². The number of piperidine rings is 1. The summed E-state index contributed by atoms with van der Waals surface area (Å²) in [4.78, 5) is 32.4. The number of likely N-dealkylation sites (tertiary alicyclic amines) is 3. The first-order valence-electron chi connectivity index (χ1n) is 11.5. The van der Waals surface area contributed by atoms with Crippen molar-refractivity contribution in [1.29, 1.82) is 5.26 Å². The van der Waals surface area contributed by atoms with E-state index in [1.807, 2.05) is 22.8 Å². The van der Waals surface area contributed by atoms with Gasteiger partial charge in [0.15, 0.2) is 0 Å². The second-order valence-electron chi connectivity index (χ2n) is 10.1. The Bertz CT molecular complexity index is 1010. The van der Waals surface area contributed by atoms with Gasteiger partial charge in [-0.05, 0) is 61.3 Å². The first-order valence-corrected chi connectivity index (χ1v) is 11.5. The maximum absolute atomic E-state index is 13.6. The zero-order valence-corrected chi connectivity index (χ0v) is 17.7. The van der Waals surface area contributed by atoms with E-state index in [9.17, 15) is 19.2 Å². The van der Waals surface area contributed by atoms with Crippen LogP contribution in [0.5, 0.6) is 0 Å². The summed E-state index contributed by atoms with van der Waals surface area (Å²) in [6.07, 6.45) is 4.32. The molecule has 0 N–H and O–H groups in total. The van der Waals surface area contributed by atoms with Crippen LogP contribution >= 0.6 is 0 Å². The summed E-state index contributed by atoms with van der Waals surface area (Å²) in [6, 6.07) is 7.26. The fourth-order valence-electron chi connectivity index (χ4n) is 6.73. The third-order valence-electron chi connectivity index (χ3n) is 8.24. The topological polar surface area (TPSA) is 67.7 Å². The van der Waals surface area contributed by atoms with Gasteiger partial charge in [0.2, 0.25) is 11.8 Å². The molecule has 6 rings (SSSR count). The molecule has 0 spiro atoms. The van der Waals surface area contributed by atoms with Crippen molar-refractivity contribution in [3.05, 3.63) is 35.1 Å². The predicted molar refractivity (Wildman–Crippen MR) is 110 cm³/mol. The highest BCUT2D eigenvalue weighted by Crippen LogP contribution is 2.48. The highest BCUT2D eigenvalue weighted by atomic mass is 19.1. The fourth-order valence-corrected chi connectivity index (χ4v) is 6.73. The average molecular weight is 423 g/mol. The molecule has 31 heavy (non-hydrogen) atoms. The van der Waals surface area contributed by atoms with Gasteiger partial charge < -0.3 is 9.80 Å². The molecule has 1 aromatic carbocycles. The maximum atomic E-state index is 13.6. The van der Waals surface area contributed by atoms with Crippen molar-refractivity contribution >= 4 is 11.8 Å². The molecule has 4 fully saturated rings. The molecule has 1 aromatic rings. The summed E-state index contributed by atoms with van der Waals surface area (Å²) in [5.41, 5.74) is 2.11. The number of nitriles is 1. The molecular formula is C24H27FN4O2. The number of amides is 2. The lowest BCUT2D eigenvalue weighted by molar-refractivity contribution is -0.142. The SMILES string of the molecule is C[C@@H](CN1C[C@H]2C[C@@H]1C(=O)N2[C@H]1CCc2cc(F)ccc21)C(=O)N1C2C[C@H]2C[C@H]1C#N. The van der Waals surface area contributed by atoms with Crippen molar-refractivity contribution < 1.29 is 14.0 Å². The van der Waals surface area contributed by atoms with Gasteiger partial charge in [-0.3, -0.25) is 14.5 Å². The van der Waals surface area contributed by atoms with Crippen LogP contribution in [0.2, 0.25) is 0 Å². The van der Waals surface area contributed by atoms with Gasteiger partial charge in [-0.25, -0.2) is 4.39 Å². The van der Waals surface area contributed by atoms with Crippen LogP contribution in [-0.2, 0) is 16.0 Å². The summed E-state index contributed by atoms with van der Waals surface area (Å²) < 4.78 is 13.6. The van der Waals surface area contributed by atoms with Crippen LogP contribution in [0.3, 0.4) is 0 Å². The molecule has 7 heteroatoms. The Labute approximate surface area is 181 Å². The summed E-state index contributed by atoms with van der Waals surface area (Å²) >= 11 is 0. The van der Waals surface area contributed by atoms with Gasteiger partial charge in [-0.2, -0.15) is 5.26 Å². The van der Waals surface area contributed by atoms with Gasteiger partial charge in [0.05, 0.1) is 18.2 Å².